The average Bonchev–Trinajstić information content (AvgIpc) is 2.84. The Balaban J connectivity index is 1.95. The molecule has 0 saturated heterocycles. The number of carbonyl (C=O) groups excluding carboxylic acids is 1. The molecule has 0 bridgehead atoms. The number of H-pyrrole nitrogens is 1. The zero-order chi connectivity index (χ0) is 12.6. The lowest BCUT2D eigenvalue weighted by atomic mass is 9.74. The molecule has 0 fully saturated rings. The molecule has 18 heavy (non-hydrogen) atoms. The maximum absolute atomic E-state index is 12.5. The smallest absolute Gasteiger partial charge is 0.174 e. The fraction of sp³-hybridized carbons (Fsp3) is 0.188. The minimum absolute atomic E-state index is 0.199. The molecule has 0 saturated carbocycles. The van der Waals surface area contributed by atoms with Gasteiger partial charge in [0.25, 0.3) is 0 Å². The number of carbonyl (C=O) groups is 1. The van der Waals surface area contributed by atoms with Crippen molar-refractivity contribution in [1.29, 1.82) is 0 Å². The Morgan fingerprint density at radius 2 is 1.94 bits per heavy atom. The molecule has 3 rings (SSSR count). The zero-order valence-corrected chi connectivity index (χ0v) is 10.3. The van der Waals surface area contributed by atoms with Crippen molar-refractivity contribution in [3.63, 3.8) is 0 Å². The van der Waals surface area contributed by atoms with Crippen LogP contribution in [0.5, 0.6) is 0 Å². The lowest BCUT2D eigenvalue weighted by molar-refractivity contribution is 0.0867. The molecule has 90 valence electrons. The van der Waals surface area contributed by atoms with Crippen LogP contribution in [0.15, 0.2) is 48.8 Å². The molecule has 1 N–H and O–H groups in total. The predicted octanol–water partition coefficient (Wildman–Crippen LogP) is 3.47. The number of allylic oxidation sites excluding steroid dienone is 1. The van der Waals surface area contributed by atoms with Crippen LogP contribution in [0.4, 0.5) is 0 Å². The molecular formula is C16H15NO. The van der Waals surface area contributed by atoms with E-state index in [1.54, 1.807) is 6.20 Å². The molecule has 2 heteroatoms. The number of aromatic nitrogens is 1. The van der Waals surface area contributed by atoms with E-state index in [-0.39, 0.29) is 5.78 Å². The number of Topliss-reactive ketones (excluding diaryl/α,β-unsaturated/α-hetero) is 1. The van der Waals surface area contributed by atoms with E-state index in [0.29, 0.717) is 0 Å². The first-order chi connectivity index (χ1) is 8.69. The van der Waals surface area contributed by atoms with E-state index < -0.39 is 5.41 Å². The lowest BCUT2D eigenvalue weighted by Crippen LogP contribution is -2.30. The van der Waals surface area contributed by atoms with E-state index in [0.717, 1.165) is 17.5 Å². The van der Waals surface area contributed by atoms with Gasteiger partial charge in [-0.1, -0.05) is 42.5 Å². The van der Waals surface area contributed by atoms with Crippen LogP contribution in [0.1, 0.15) is 28.4 Å². The van der Waals surface area contributed by atoms with Gasteiger partial charge in [-0.15, -0.1) is 0 Å². The molecule has 1 heterocycles. The number of fused-ring (bicyclic) bond motifs is 1. The van der Waals surface area contributed by atoms with Crippen molar-refractivity contribution in [2.24, 2.45) is 5.41 Å². The highest BCUT2D eigenvalue weighted by atomic mass is 16.1. The SMILES string of the molecule is CC1(Cc2ccccc2)C=Cc2c[nH]cc2C1=O. The van der Waals surface area contributed by atoms with Crippen molar-refractivity contribution < 1.29 is 4.79 Å². The maximum Gasteiger partial charge on any atom is 0.174 e. The Kier molecular flexibility index (Phi) is 2.44. The molecular weight excluding hydrogens is 222 g/mol. The number of hydrogen-bond acceptors (Lipinski definition) is 1. The fourth-order valence-electron chi connectivity index (χ4n) is 2.53. The first-order valence-corrected chi connectivity index (χ1v) is 6.14. The van der Waals surface area contributed by atoms with Gasteiger partial charge in [0.1, 0.15) is 0 Å². The largest absolute Gasteiger partial charge is 0.366 e. The third-order valence-electron chi connectivity index (χ3n) is 3.59. The van der Waals surface area contributed by atoms with E-state index in [9.17, 15) is 4.79 Å². The molecule has 0 radical (unpaired) electrons. The molecule has 0 aliphatic heterocycles. The van der Waals surface area contributed by atoms with Crippen LogP contribution in [0.25, 0.3) is 6.08 Å². The van der Waals surface area contributed by atoms with Gasteiger partial charge in [-0.3, -0.25) is 4.79 Å². The number of aromatic amines is 1. The van der Waals surface area contributed by atoms with Crippen molar-refractivity contribution >= 4 is 11.9 Å². The lowest BCUT2D eigenvalue weighted by Gasteiger charge is -2.27. The molecule has 0 spiro atoms. The van der Waals surface area contributed by atoms with Crippen molar-refractivity contribution in [2.75, 3.05) is 0 Å². The summed E-state index contributed by atoms with van der Waals surface area (Å²) in [6.45, 7) is 2.01. The molecule has 1 atom stereocenters. The van der Waals surface area contributed by atoms with Gasteiger partial charge in [0.2, 0.25) is 0 Å². The molecule has 1 aromatic carbocycles. The summed E-state index contributed by atoms with van der Waals surface area (Å²) >= 11 is 0. The molecule has 2 aromatic rings. The first kappa shape index (κ1) is 11.0. The van der Waals surface area contributed by atoms with E-state index in [1.807, 2.05) is 43.5 Å². The van der Waals surface area contributed by atoms with Gasteiger partial charge in [-0.25, -0.2) is 0 Å². The number of hydrogen-bond donors (Lipinski definition) is 1. The van der Waals surface area contributed by atoms with E-state index in [1.165, 1.54) is 5.56 Å². The maximum atomic E-state index is 12.5. The van der Waals surface area contributed by atoms with Gasteiger partial charge in [0.05, 0.1) is 5.41 Å². The number of ketones is 1. The molecule has 0 amide bonds. The summed E-state index contributed by atoms with van der Waals surface area (Å²) in [4.78, 5) is 15.5. The Labute approximate surface area is 106 Å². The quantitative estimate of drug-likeness (QED) is 0.852. The van der Waals surface area contributed by atoms with Crippen LogP contribution in [0.2, 0.25) is 0 Å². The third-order valence-corrected chi connectivity index (χ3v) is 3.59. The van der Waals surface area contributed by atoms with Crippen LogP contribution in [0, 0.1) is 5.41 Å². The van der Waals surface area contributed by atoms with Crippen LogP contribution in [0.3, 0.4) is 0 Å². The third kappa shape index (κ3) is 1.70. The summed E-state index contributed by atoms with van der Waals surface area (Å²) in [5, 5.41) is 0. The topological polar surface area (TPSA) is 32.9 Å². The van der Waals surface area contributed by atoms with Crippen LogP contribution >= 0.6 is 0 Å². The Hall–Kier alpha value is -2.09. The zero-order valence-electron chi connectivity index (χ0n) is 10.3. The normalized spacial score (nSPS) is 21.9. The highest BCUT2D eigenvalue weighted by Gasteiger charge is 2.35. The van der Waals surface area contributed by atoms with Crippen LogP contribution < -0.4 is 0 Å². The second-order valence-electron chi connectivity index (χ2n) is 5.07. The summed E-state index contributed by atoms with van der Waals surface area (Å²) in [7, 11) is 0. The number of nitrogens with one attached hydrogen (secondary N) is 1. The Morgan fingerprint density at radius 1 is 1.17 bits per heavy atom. The molecule has 2 nitrogen and oxygen atoms in total. The first-order valence-electron chi connectivity index (χ1n) is 6.14. The molecule has 1 aliphatic carbocycles. The summed E-state index contributed by atoms with van der Waals surface area (Å²) in [5.41, 5.74) is 2.55. The van der Waals surface area contributed by atoms with Gasteiger partial charge >= 0.3 is 0 Å². The minimum atomic E-state index is -0.434. The van der Waals surface area contributed by atoms with Crippen molar-refractivity contribution in [3.8, 4) is 0 Å². The summed E-state index contributed by atoms with van der Waals surface area (Å²) in [6.07, 6.45) is 8.47. The number of benzene rings is 1. The number of rotatable bonds is 2. The van der Waals surface area contributed by atoms with Gasteiger partial charge < -0.3 is 4.98 Å². The van der Waals surface area contributed by atoms with E-state index >= 15 is 0 Å². The van der Waals surface area contributed by atoms with Crippen LogP contribution in [-0.2, 0) is 6.42 Å². The Bertz CT molecular complexity index is 609. The van der Waals surface area contributed by atoms with Crippen molar-refractivity contribution in [2.45, 2.75) is 13.3 Å². The van der Waals surface area contributed by atoms with Crippen molar-refractivity contribution in [3.05, 3.63) is 65.5 Å². The van der Waals surface area contributed by atoms with E-state index in [4.69, 9.17) is 0 Å². The van der Waals surface area contributed by atoms with Crippen LogP contribution in [-0.4, -0.2) is 10.8 Å². The predicted molar refractivity (Wildman–Crippen MR) is 72.4 cm³/mol. The Morgan fingerprint density at radius 3 is 2.72 bits per heavy atom. The summed E-state index contributed by atoms with van der Waals surface area (Å²) in [6, 6.07) is 10.2. The van der Waals surface area contributed by atoms with Gasteiger partial charge in [0, 0.05) is 23.5 Å². The highest BCUT2D eigenvalue weighted by Crippen LogP contribution is 2.35. The molecule has 1 aromatic heterocycles. The molecule has 1 aliphatic rings. The van der Waals surface area contributed by atoms with E-state index in [2.05, 4.69) is 17.1 Å². The summed E-state index contributed by atoms with van der Waals surface area (Å²) < 4.78 is 0. The summed E-state index contributed by atoms with van der Waals surface area (Å²) in [5.74, 6) is 0.199. The molecule has 1 unspecified atom stereocenters. The minimum Gasteiger partial charge on any atom is -0.366 e. The average molecular weight is 237 g/mol. The monoisotopic (exact) mass is 237 g/mol. The standard InChI is InChI=1S/C16H15NO/c1-16(9-12-5-3-2-4-6-12)8-7-13-10-17-11-14(13)15(16)18/h2-8,10-11,17H,9H2,1H3. The second-order valence-corrected chi connectivity index (χ2v) is 5.07. The van der Waals surface area contributed by atoms with Gasteiger partial charge in [-0.2, -0.15) is 0 Å². The van der Waals surface area contributed by atoms with Gasteiger partial charge in [0.15, 0.2) is 5.78 Å². The fourth-order valence-corrected chi connectivity index (χ4v) is 2.53. The van der Waals surface area contributed by atoms with Crippen molar-refractivity contribution in [1.82, 2.24) is 4.98 Å². The highest BCUT2D eigenvalue weighted by molar-refractivity contribution is 6.06. The second kappa shape index (κ2) is 3.98. The van der Waals surface area contributed by atoms with Gasteiger partial charge in [-0.05, 0) is 18.9 Å².